The monoisotopic (exact) mass is 618 g/mol. The Morgan fingerprint density at radius 2 is 1.91 bits per heavy atom. The highest BCUT2D eigenvalue weighted by atomic mass is 35.5. The molecule has 5 aromatic rings. The Bertz CT molecular complexity index is 1930. The van der Waals surface area contributed by atoms with Crippen molar-refractivity contribution in [2.75, 3.05) is 17.2 Å². The van der Waals surface area contributed by atoms with E-state index in [1.807, 2.05) is 37.3 Å². The second-order valence-corrected chi connectivity index (χ2v) is 12.9. The van der Waals surface area contributed by atoms with E-state index in [1.54, 1.807) is 12.3 Å². The fourth-order valence-electron chi connectivity index (χ4n) is 5.48. The molecule has 1 saturated carbocycles. The molecule has 0 spiro atoms. The Labute approximate surface area is 257 Å². The van der Waals surface area contributed by atoms with E-state index in [0.717, 1.165) is 26.7 Å². The quantitative estimate of drug-likeness (QED) is 0.191. The average Bonchev–Trinajstić information content (AvgIpc) is 3.65. The summed E-state index contributed by atoms with van der Waals surface area (Å²) in [7, 11) is 0. The van der Waals surface area contributed by atoms with Crippen LogP contribution in [0.4, 0.5) is 24.5 Å². The molecule has 0 amide bonds. The van der Waals surface area contributed by atoms with Crippen LogP contribution in [0.5, 0.6) is 0 Å². The van der Waals surface area contributed by atoms with Crippen LogP contribution in [0.2, 0.25) is 5.02 Å². The number of pyridine rings is 2. The highest BCUT2D eigenvalue weighted by Crippen LogP contribution is 2.55. The molecule has 2 aromatic carbocycles. The van der Waals surface area contributed by atoms with Crippen molar-refractivity contribution in [2.45, 2.75) is 58.3 Å². The molecule has 1 aliphatic carbocycles. The van der Waals surface area contributed by atoms with Gasteiger partial charge in [-0.2, -0.15) is 18.4 Å². The van der Waals surface area contributed by atoms with Crippen molar-refractivity contribution in [3.05, 3.63) is 82.4 Å². The van der Waals surface area contributed by atoms with Crippen LogP contribution in [0.25, 0.3) is 21.8 Å². The van der Waals surface area contributed by atoms with Crippen LogP contribution in [0, 0.1) is 23.7 Å². The number of fused-ring (bicyclic) bond motifs is 2. The van der Waals surface area contributed by atoms with Gasteiger partial charge in [-0.25, -0.2) is 4.68 Å². The summed E-state index contributed by atoms with van der Waals surface area (Å²) in [6.45, 7) is 8.79. The Balaban J connectivity index is 1.51. The van der Waals surface area contributed by atoms with Gasteiger partial charge in [0.15, 0.2) is 5.54 Å². The van der Waals surface area contributed by atoms with Gasteiger partial charge in [-0.05, 0) is 60.6 Å². The maximum absolute atomic E-state index is 14.0. The third kappa shape index (κ3) is 5.28. The summed E-state index contributed by atoms with van der Waals surface area (Å²) in [5, 5.41) is 26.8. The molecule has 226 valence electrons. The third-order valence-corrected chi connectivity index (χ3v) is 8.25. The normalized spacial score (nSPS) is 15.2. The average molecular weight is 619 g/mol. The van der Waals surface area contributed by atoms with Crippen molar-refractivity contribution in [1.82, 2.24) is 25.0 Å². The van der Waals surface area contributed by atoms with Gasteiger partial charge in [-0.1, -0.05) is 49.7 Å². The van der Waals surface area contributed by atoms with Crippen molar-refractivity contribution in [1.29, 1.82) is 5.26 Å². The molecule has 6 rings (SSSR count). The molecular formula is C32H30ClF3N8. The molecule has 3 aromatic heterocycles. The standard InChI is InChI=1S/C32H30ClF3N8/c1-18-8-11-38-24-7-5-6-21(26(18)24)29(25-16-44(43-42-25)31(9-10-31)32(34,35)36)41-20-12-22-27(40-17-30(2,3)4)19(14-37)15-39-28(22)23(33)13-20/h5-8,11-13,15-16,29,41H,9-10,17H2,1-4H3,(H,39,40)/t29-/m0/s1. The van der Waals surface area contributed by atoms with E-state index >= 15 is 0 Å². The molecule has 12 heteroatoms. The number of alkyl halides is 3. The predicted octanol–water partition coefficient (Wildman–Crippen LogP) is 7.92. The van der Waals surface area contributed by atoms with Gasteiger partial charge in [0.25, 0.3) is 0 Å². The summed E-state index contributed by atoms with van der Waals surface area (Å²) in [5.41, 5.74) is 2.70. The maximum atomic E-state index is 14.0. The molecular weight excluding hydrogens is 589 g/mol. The van der Waals surface area contributed by atoms with Crippen LogP contribution < -0.4 is 10.6 Å². The molecule has 3 heterocycles. The SMILES string of the molecule is Cc1ccnc2cccc([C@H](Nc3cc(Cl)c4ncc(C#N)c(NCC(C)(C)C)c4c3)c3cn(C4(C(F)(F)F)CC4)nn3)c12. The van der Waals surface area contributed by atoms with E-state index in [2.05, 4.69) is 57.8 Å². The van der Waals surface area contributed by atoms with E-state index in [-0.39, 0.29) is 18.3 Å². The topological polar surface area (TPSA) is 104 Å². The maximum Gasteiger partial charge on any atom is 0.413 e. The molecule has 0 saturated heterocycles. The Morgan fingerprint density at radius 1 is 1.14 bits per heavy atom. The largest absolute Gasteiger partial charge is 0.413 e. The van der Waals surface area contributed by atoms with Crippen molar-refractivity contribution >= 4 is 44.8 Å². The minimum absolute atomic E-state index is 0.0481. The lowest BCUT2D eigenvalue weighted by atomic mass is 9.95. The number of nitrogens with one attached hydrogen (secondary N) is 2. The number of nitrogens with zero attached hydrogens (tertiary/aromatic N) is 6. The van der Waals surface area contributed by atoms with Gasteiger partial charge in [0.2, 0.25) is 0 Å². The van der Waals surface area contributed by atoms with Crippen LogP contribution in [0.3, 0.4) is 0 Å². The smallest absolute Gasteiger partial charge is 0.383 e. The second-order valence-electron chi connectivity index (χ2n) is 12.5. The number of anilines is 2. The predicted molar refractivity (Wildman–Crippen MR) is 165 cm³/mol. The Hall–Kier alpha value is -4.43. The first-order valence-electron chi connectivity index (χ1n) is 14.2. The van der Waals surface area contributed by atoms with Gasteiger partial charge >= 0.3 is 6.18 Å². The van der Waals surface area contributed by atoms with Gasteiger partial charge in [0, 0.05) is 35.4 Å². The van der Waals surface area contributed by atoms with E-state index in [4.69, 9.17) is 11.6 Å². The van der Waals surface area contributed by atoms with Crippen LogP contribution in [0.1, 0.15) is 62.0 Å². The summed E-state index contributed by atoms with van der Waals surface area (Å²) in [6.07, 6.45) is 0.0374. The summed E-state index contributed by atoms with van der Waals surface area (Å²) in [4.78, 5) is 8.96. The van der Waals surface area contributed by atoms with E-state index < -0.39 is 17.8 Å². The minimum Gasteiger partial charge on any atom is -0.383 e. The zero-order valence-corrected chi connectivity index (χ0v) is 25.3. The van der Waals surface area contributed by atoms with Crippen LogP contribution >= 0.6 is 11.6 Å². The first-order chi connectivity index (χ1) is 20.8. The van der Waals surface area contributed by atoms with Gasteiger partial charge < -0.3 is 10.6 Å². The number of aryl methyl sites for hydroxylation is 1. The number of benzene rings is 2. The number of hydrogen-bond donors (Lipinski definition) is 2. The number of hydrogen-bond acceptors (Lipinski definition) is 7. The fourth-order valence-corrected chi connectivity index (χ4v) is 5.74. The molecule has 0 unspecified atom stereocenters. The molecule has 2 N–H and O–H groups in total. The third-order valence-electron chi connectivity index (χ3n) is 7.97. The first kappa shape index (κ1) is 29.6. The van der Waals surface area contributed by atoms with E-state index in [0.29, 0.717) is 45.1 Å². The van der Waals surface area contributed by atoms with E-state index in [9.17, 15) is 18.4 Å². The number of rotatable bonds is 7. The fraction of sp³-hybridized carbons (Fsp3) is 0.344. The molecule has 0 radical (unpaired) electrons. The minimum atomic E-state index is -4.45. The molecule has 44 heavy (non-hydrogen) atoms. The van der Waals surface area contributed by atoms with Crippen LogP contribution in [-0.2, 0) is 5.54 Å². The van der Waals surface area contributed by atoms with Gasteiger partial charge in [-0.3, -0.25) is 9.97 Å². The first-order valence-corrected chi connectivity index (χ1v) is 14.6. The highest BCUT2D eigenvalue weighted by molar-refractivity contribution is 6.35. The van der Waals surface area contributed by atoms with Gasteiger partial charge in [-0.15, -0.1) is 5.10 Å². The summed E-state index contributed by atoms with van der Waals surface area (Å²) in [6, 6.07) is 12.6. The number of halogens is 4. The molecule has 8 nitrogen and oxygen atoms in total. The molecule has 1 atom stereocenters. The lowest BCUT2D eigenvalue weighted by Crippen LogP contribution is -2.35. The lowest BCUT2D eigenvalue weighted by Gasteiger charge is -2.23. The Kier molecular flexibility index (Phi) is 7.16. The molecule has 1 aliphatic rings. The zero-order chi connectivity index (χ0) is 31.4. The molecule has 0 bridgehead atoms. The van der Waals surface area contributed by atoms with Crippen molar-refractivity contribution < 1.29 is 13.2 Å². The summed E-state index contributed by atoms with van der Waals surface area (Å²) in [5.74, 6) is 0. The lowest BCUT2D eigenvalue weighted by molar-refractivity contribution is -0.182. The zero-order valence-electron chi connectivity index (χ0n) is 24.6. The van der Waals surface area contributed by atoms with Crippen LogP contribution in [-0.4, -0.2) is 37.7 Å². The molecule has 1 fully saturated rings. The van der Waals surface area contributed by atoms with Crippen molar-refractivity contribution in [3.63, 3.8) is 0 Å². The number of nitriles is 1. The van der Waals surface area contributed by atoms with E-state index in [1.165, 1.54) is 12.4 Å². The van der Waals surface area contributed by atoms with Gasteiger partial charge in [0.05, 0.1) is 39.5 Å². The Morgan fingerprint density at radius 3 is 2.59 bits per heavy atom. The van der Waals surface area contributed by atoms with Crippen LogP contribution in [0.15, 0.2) is 55.0 Å². The van der Waals surface area contributed by atoms with Crippen molar-refractivity contribution in [2.24, 2.45) is 5.41 Å². The van der Waals surface area contributed by atoms with Gasteiger partial charge in [0.1, 0.15) is 11.8 Å². The highest BCUT2D eigenvalue weighted by Gasteiger charge is 2.66. The summed E-state index contributed by atoms with van der Waals surface area (Å²) < 4.78 is 42.9. The second kappa shape index (κ2) is 10.6. The number of aromatic nitrogens is 5. The summed E-state index contributed by atoms with van der Waals surface area (Å²) >= 11 is 6.76. The van der Waals surface area contributed by atoms with Crippen molar-refractivity contribution in [3.8, 4) is 6.07 Å². The molecule has 0 aliphatic heterocycles.